The van der Waals surface area contributed by atoms with Crippen LogP contribution in [0.1, 0.15) is 53.9 Å². The van der Waals surface area contributed by atoms with Crippen LogP contribution in [0.5, 0.6) is 0 Å². The number of hydrogen-bond acceptors (Lipinski definition) is 1. The SMILES string of the molecule is CC(C)N(C)CCCCC#CC(C)(C)C. The van der Waals surface area contributed by atoms with Crippen molar-refractivity contribution in [2.24, 2.45) is 5.41 Å². The predicted molar refractivity (Wildman–Crippen MR) is 68.8 cm³/mol. The van der Waals surface area contributed by atoms with Gasteiger partial charge in [0.05, 0.1) is 0 Å². The third-order valence-electron chi connectivity index (χ3n) is 2.41. The van der Waals surface area contributed by atoms with E-state index in [0.717, 1.165) is 6.42 Å². The molecule has 0 aromatic rings. The Balaban J connectivity index is 3.51. The zero-order valence-corrected chi connectivity index (χ0v) is 11.4. The van der Waals surface area contributed by atoms with E-state index in [0.29, 0.717) is 6.04 Å². The normalized spacial score (nSPS) is 11.7. The van der Waals surface area contributed by atoms with Gasteiger partial charge in [0.15, 0.2) is 0 Å². The maximum atomic E-state index is 3.27. The maximum Gasteiger partial charge on any atom is 0.0230 e. The summed E-state index contributed by atoms with van der Waals surface area (Å²) in [4.78, 5) is 2.39. The molecule has 0 heterocycles. The van der Waals surface area contributed by atoms with Crippen molar-refractivity contribution in [2.45, 2.75) is 59.9 Å². The highest BCUT2D eigenvalue weighted by Gasteiger charge is 2.03. The minimum absolute atomic E-state index is 0.161. The van der Waals surface area contributed by atoms with Crippen molar-refractivity contribution in [3.63, 3.8) is 0 Å². The lowest BCUT2D eigenvalue weighted by atomic mass is 9.98. The first kappa shape index (κ1) is 14.5. The van der Waals surface area contributed by atoms with Crippen LogP contribution in [0.2, 0.25) is 0 Å². The first-order valence-corrected chi connectivity index (χ1v) is 6.03. The molecule has 1 nitrogen and oxygen atoms in total. The average Bonchev–Trinajstić information content (AvgIpc) is 2.08. The second-order valence-electron chi connectivity index (χ2n) is 5.58. The molecule has 0 aliphatic rings. The van der Waals surface area contributed by atoms with Crippen LogP contribution in [-0.4, -0.2) is 24.5 Å². The highest BCUT2D eigenvalue weighted by Crippen LogP contribution is 2.10. The predicted octanol–water partition coefficient (Wildman–Crippen LogP) is 3.55. The summed E-state index contributed by atoms with van der Waals surface area (Å²) < 4.78 is 0. The van der Waals surface area contributed by atoms with Crippen LogP contribution in [0.4, 0.5) is 0 Å². The van der Waals surface area contributed by atoms with Crippen LogP contribution >= 0.6 is 0 Å². The number of nitrogens with zero attached hydrogens (tertiary/aromatic N) is 1. The van der Waals surface area contributed by atoms with Crippen LogP contribution in [0.3, 0.4) is 0 Å². The Labute approximate surface area is 96.2 Å². The lowest BCUT2D eigenvalue weighted by molar-refractivity contribution is 0.269. The summed E-state index contributed by atoms with van der Waals surface area (Å²) in [6.07, 6.45) is 3.52. The zero-order valence-electron chi connectivity index (χ0n) is 11.4. The third-order valence-corrected chi connectivity index (χ3v) is 2.41. The fourth-order valence-corrected chi connectivity index (χ4v) is 1.16. The second-order valence-corrected chi connectivity index (χ2v) is 5.58. The van der Waals surface area contributed by atoms with Gasteiger partial charge in [0.25, 0.3) is 0 Å². The topological polar surface area (TPSA) is 3.24 Å². The highest BCUT2D eigenvalue weighted by atomic mass is 15.1. The van der Waals surface area contributed by atoms with E-state index in [2.05, 4.69) is 58.4 Å². The first-order valence-electron chi connectivity index (χ1n) is 6.03. The van der Waals surface area contributed by atoms with E-state index in [-0.39, 0.29) is 5.41 Å². The van der Waals surface area contributed by atoms with Crippen LogP contribution in [0, 0.1) is 17.3 Å². The lowest BCUT2D eigenvalue weighted by Gasteiger charge is -2.20. The van der Waals surface area contributed by atoms with E-state index in [9.17, 15) is 0 Å². The Morgan fingerprint density at radius 3 is 2.20 bits per heavy atom. The molecule has 0 rings (SSSR count). The smallest absolute Gasteiger partial charge is 0.0230 e. The van der Waals surface area contributed by atoms with Gasteiger partial charge in [0.2, 0.25) is 0 Å². The van der Waals surface area contributed by atoms with Crippen molar-refractivity contribution in [3.8, 4) is 11.8 Å². The minimum Gasteiger partial charge on any atom is -0.304 e. The van der Waals surface area contributed by atoms with Gasteiger partial charge in [0, 0.05) is 17.9 Å². The standard InChI is InChI=1S/C14H27N/c1-13(2)15(6)12-10-8-7-9-11-14(3,4)5/h13H,7-8,10,12H2,1-6H3. The van der Waals surface area contributed by atoms with Crippen molar-refractivity contribution in [1.29, 1.82) is 0 Å². The van der Waals surface area contributed by atoms with E-state index < -0.39 is 0 Å². The van der Waals surface area contributed by atoms with Crippen molar-refractivity contribution in [1.82, 2.24) is 4.90 Å². The molecule has 0 radical (unpaired) electrons. The van der Waals surface area contributed by atoms with E-state index in [1.807, 2.05) is 0 Å². The molecule has 0 saturated heterocycles. The van der Waals surface area contributed by atoms with Crippen LogP contribution < -0.4 is 0 Å². The summed E-state index contributed by atoms with van der Waals surface area (Å²) in [6.45, 7) is 12.1. The Kier molecular flexibility index (Phi) is 6.68. The summed E-state index contributed by atoms with van der Waals surface area (Å²) in [5.74, 6) is 6.53. The molecule has 1 heteroatoms. The van der Waals surface area contributed by atoms with Crippen molar-refractivity contribution < 1.29 is 0 Å². The number of hydrogen-bond donors (Lipinski definition) is 0. The molecule has 0 bridgehead atoms. The molecular weight excluding hydrogens is 182 g/mol. The molecule has 0 amide bonds. The first-order chi connectivity index (χ1) is 6.83. The van der Waals surface area contributed by atoms with Gasteiger partial charge in [-0.2, -0.15) is 0 Å². The van der Waals surface area contributed by atoms with E-state index >= 15 is 0 Å². The monoisotopic (exact) mass is 209 g/mol. The Morgan fingerprint density at radius 1 is 1.13 bits per heavy atom. The maximum absolute atomic E-state index is 3.27. The molecular formula is C14H27N. The highest BCUT2D eigenvalue weighted by molar-refractivity contribution is 5.06. The Morgan fingerprint density at radius 2 is 1.73 bits per heavy atom. The van der Waals surface area contributed by atoms with Crippen molar-refractivity contribution in [2.75, 3.05) is 13.6 Å². The summed E-state index contributed by atoms with van der Waals surface area (Å²) in [7, 11) is 2.19. The van der Waals surface area contributed by atoms with Gasteiger partial charge < -0.3 is 4.90 Å². The van der Waals surface area contributed by atoms with Crippen LogP contribution in [-0.2, 0) is 0 Å². The van der Waals surface area contributed by atoms with E-state index in [1.54, 1.807) is 0 Å². The van der Waals surface area contributed by atoms with Crippen molar-refractivity contribution >= 4 is 0 Å². The quantitative estimate of drug-likeness (QED) is 0.494. The molecule has 0 aromatic heterocycles. The van der Waals surface area contributed by atoms with E-state index in [1.165, 1.54) is 19.4 Å². The molecule has 0 atom stereocenters. The van der Waals surface area contributed by atoms with Crippen molar-refractivity contribution in [3.05, 3.63) is 0 Å². The molecule has 0 unspecified atom stereocenters. The molecule has 15 heavy (non-hydrogen) atoms. The minimum atomic E-state index is 0.161. The molecule has 0 aromatic carbocycles. The summed E-state index contributed by atoms with van der Waals surface area (Å²) in [6, 6.07) is 0.658. The molecule has 0 saturated carbocycles. The largest absolute Gasteiger partial charge is 0.304 e. The van der Waals surface area contributed by atoms with Gasteiger partial charge in [-0.05, 0) is 61.1 Å². The average molecular weight is 209 g/mol. The number of rotatable bonds is 5. The van der Waals surface area contributed by atoms with Crippen LogP contribution in [0.25, 0.3) is 0 Å². The van der Waals surface area contributed by atoms with Gasteiger partial charge in [0.1, 0.15) is 0 Å². The summed E-state index contributed by atoms with van der Waals surface area (Å²) >= 11 is 0. The Hall–Kier alpha value is -0.480. The number of unbranched alkanes of at least 4 members (excludes halogenated alkanes) is 2. The molecule has 0 aliphatic carbocycles. The van der Waals surface area contributed by atoms with E-state index in [4.69, 9.17) is 0 Å². The lowest BCUT2D eigenvalue weighted by Crippen LogP contribution is -2.27. The fourth-order valence-electron chi connectivity index (χ4n) is 1.16. The Bertz CT molecular complexity index is 212. The fraction of sp³-hybridized carbons (Fsp3) is 0.857. The van der Waals surface area contributed by atoms with Gasteiger partial charge in [-0.15, -0.1) is 5.92 Å². The molecule has 0 N–H and O–H groups in total. The van der Waals surface area contributed by atoms with Gasteiger partial charge in [-0.1, -0.05) is 5.92 Å². The zero-order chi connectivity index (χ0) is 11.9. The third kappa shape index (κ3) is 9.82. The van der Waals surface area contributed by atoms with Gasteiger partial charge in [-0.25, -0.2) is 0 Å². The van der Waals surface area contributed by atoms with Crippen LogP contribution in [0.15, 0.2) is 0 Å². The van der Waals surface area contributed by atoms with Gasteiger partial charge >= 0.3 is 0 Å². The molecule has 0 aliphatic heterocycles. The second kappa shape index (κ2) is 6.90. The molecule has 0 spiro atoms. The summed E-state index contributed by atoms with van der Waals surface area (Å²) in [5.41, 5.74) is 0.161. The summed E-state index contributed by atoms with van der Waals surface area (Å²) in [5, 5.41) is 0. The molecule has 0 fully saturated rings. The molecule has 88 valence electrons. The van der Waals surface area contributed by atoms with Gasteiger partial charge in [-0.3, -0.25) is 0 Å².